The molecule has 0 aliphatic carbocycles. The summed E-state index contributed by atoms with van der Waals surface area (Å²) in [4.78, 5) is 9.23. The van der Waals surface area contributed by atoms with Gasteiger partial charge in [0.25, 0.3) is 0 Å². The molecule has 4 nitrogen and oxygen atoms in total. The number of hydrogen-bond acceptors (Lipinski definition) is 4. The van der Waals surface area contributed by atoms with Gasteiger partial charge in [0.15, 0.2) is 5.82 Å². The number of rotatable bonds is 5. The van der Waals surface area contributed by atoms with Crippen molar-refractivity contribution in [2.75, 3.05) is 19.5 Å². The number of nitrogens with one attached hydrogen (secondary N) is 1. The van der Waals surface area contributed by atoms with Gasteiger partial charge in [-0.15, -0.1) is 0 Å². The summed E-state index contributed by atoms with van der Waals surface area (Å²) in [5.41, 5.74) is 1.03. The summed E-state index contributed by atoms with van der Waals surface area (Å²) in [5, 5.41) is 3.10. The van der Waals surface area contributed by atoms with E-state index in [0.29, 0.717) is 5.92 Å². The Balaban J connectivity index is 3.18. The molecule has 1 heterocycles. The summed E-state index contributed by atoms with van der Waals surface area (Å²) in [6.07, 6.45) is 0.844. The fraction of sp³-hybridized carbons (Fsp3) is 0.733. The average Bonchev–Trinajstić information content (AvgIpc) is 2.26. The maximum atomic E-state index is 5.61. The lowest BCUT2D eigenvalue weighted by Gasteiger charge is -2.28. The molecule has 0 amide bonds. The van der Waals surface area contributed by atoms with E-state index < -0.39 is 0 Å². The third-order valence-electron chi connectivity index (χ3n) is 2.93. The minimum atomic E-state index is -0.105. The zero-order valence-corrected chi connectivity index (χ0v) is 13.2. The highest BCUT2D eigenvalue weighted by molar-refractivity contribution is 5.35. The van der Waals surface area contributed by atoms with Crippen LogP contribution < -0.4 is 5.32 Å². The van der Waals surface area contributed by atoms with Gasteiger partial charge in [-0.1, -0.05) is 34.6 Å². The van der Waals surface area contributed by atoms with Crippen LogP contribution in [0.1, 0.15) is 52.2 Å². The van der Waals surface area contributed by atoms with Crippen molar-refractivity contribution >= 4 is 5.82 Å². The second-order valence-electron chi connectivity index (χ2n) is 6.43. The first-order valence-corrected chi connectivity index (χ1v) is 6.86. The van der Waals surface area contributed by atoms with E-state index in [4.69, 9.17) is 4.74 Å². The third-order valence-corrected chi connectivity index (χ3v) is 2.93. The Bertz CT molecular complexity index is 410. The molecule has 0 aromatic carbocycles. The molecule has 4 heteroatoms. The van der Waals surface area contributed by atoms with Crippen LogP contribution in [0.2, 0.25) is 0 Å². The number of hydrogen-bond donors (Lipinski definition) is 1. The topological polar surface area (TPSA) is 47.0 Å². The summed E-state index contributed by atoms with van der Waals surface area (Å²) in [5.74, 6) is 2.19. The minimum absolute atomic E-state index is 0.0315. The lowest BCUT2D eigenvalue weighted by molar-refractivity contribution is 0.00860. The quantitative estimate of drug-likeness (QED) is 0.885. The Morgan fingerprint density at radius 1 is 1.26 bits per heavy atom. The average molecular weight is 265 g/mol. The Morgan fingerprint density at radius 2 is 1.89 bits per heavy atom. The molecule has 19 heavy (non-hydrogen) atoms. The van der Waals surface area contributed by atoms with Crippen LogP contribution >= 0.6 is 0 Å². The molecule has 0 saturated heterocycles. The lowest BCUT2D eigenvalue weighted by Crippen LogP contribution is -2.23. The van der Waals surface area contributed by atoms with E-state index >= 15 is 0 Å². The fourth-order valence-corrected chi connectivity index (χ4v) is 2.13. The molecule has 1 aromatic rings. The van der Waals surface area contributed by atoms with E-state index in [9.17, 15) is 0 Å². The van der Waals surface area contributed by atoms with Gasteiger partial charge < -0.3 is 10.1 Å². The predicted molar refractivity (Wildman–Crippen MR) is 79.3 cm³/mol. The van der Waals surface area contributed by atoms with E-state index in [1.807, 2.05) is 13.1 Å². The van der Waals surface area contributed by atoms with Crippen LogP contribution in [0.5, 0.6) is 0 Å². The van der Waals surface area contributed by atoms with Crippen molar-refractivity contribution in [3.05, 3.63) is 17.6 Å². The van der Waals surface area contributed by atoms with Crippen LogP contribution in [0.25, 0.3) is 0 Å². The number of ether oxygens (including phenoxy) is 1. The van der Waals surface area contributed by atoms with Crippen molar-refractivity contribution in [2.24, 2.45) is 11.3 Å². The molecule has 0 aliphatic heterocycles. The van der Waals surface area contributed by atoms with Crippen LogP contribution in [0.15, 0.2) is 6.07 Å². The van der Waals surface area contributed by atoms with E-state index in [-0.39, 0.29) is 11.5 Å². The second kappa shape index (κ2) is 6.33. The normalized spacial score (nSPS) is 13.7. The van der Waals surface area contributed by atoms with Gasteiger partial charge in [-0.2, -0.15) is 0 Å². The van der Waals surface area contributed by atoms with Crippen molar-refractivity contribution in [3.63, 3.8) is 0 Å². The fourth-order valence-electron chi connectivity index (χ4n) is 2.13. The Labute approximate surface area is 117 Å². The van der Waals surface area contributed by atoms with E-state index in [1.54, 1.807) is 7.11 Å². The maximum Gasteiger partial charge on any atom is 0.160 e. The number of nitrogens with zero attached hydrogens (tertiary/aromatic N) is 2. The molecule has 1 rings (SSSR count). The molecule has 1 N–H and O–H groups in total. The van der Waals surface area contributed by atoms with Crippen molar-refractivity contribution < 1.29 is 4.74 Å². The van der Waals surface area contributed by atoms with Gasteiger partial charge >= 0.3 is 0 Å². The highest BCUT2D eigenvalue weighted by Gasteiger charge is 2.29. The summed E-state index contributed by atoms with van der Waals surface area (Å²) in [6.45, 7) is 10.8. The van der Waals surface area contributed by atoms with Gasteiger partial charge in [-0.25, -0.2) is 9.97 Å². The van der Waals surface area contributed by atoms with Crippen LogP contribution in [0, 0.1) is 11.3 Å². The summed E-state index contributed by atoms with van der Waals surface area (Å²) < 4.78 is 5.61. The van der Waals surface area contributed by atoms with Gasteiger partial charge in [-0.3, -0.25) is 0 Å². The SMILES string of the molecule is CNc1cc(CC(C)C)nc(C(OC)C(C)(C)C)n1. The number of aromatic nitrogens is 2. The van der Waals surface area contributed by atoms with Crippen LogP contribution in [-0.2, 0) is 11.2 Å². The smallest absolute Gasteiger partial charge is 0.160 e. The summed E-state index contributed by atoms with van der Waals surface area (Å²) in [6, 6.07) is 2.01. The standard InChI is InChI=1S/C15H27N3O/c1-10(2)8-11-9-12(16-6)18-14(17-11)13(19-7)15(3,4)5/h9-10,13H,8H2,1-7H3,(H,16,17,18). The van der Waals surface area contributed by atoms with Crippen molar-refractivity contribution in [3.8, 4) is 0 Å². The molecule has 0 aliphatic rings. The molecular weight excluding hydrogens is 238 g/mol. The van der Waals surface area contributed by atoms with Crippen LogP contribution in [0.3, 0.4) is 0 Å². The predicted octanol–water partition coefficient (Wildman–Crippen LogP) is 3.45. The Hall–Kier alpha value is -1.16. The first-order chi connectivity index (χ1) is 8.77. The molecule has 0 radical (unpaired) electrons. The van der Waals surface area contributed by atoms with Crippen molar-refractivity contribution in [2.45, 2.75) is 47.1 Å². The zero-order valence-electron chi connectivity index (χ0n) is 13.2. The minimum Gasteiger partial charge on any atom is -0.373 e. The van der Waals surface area contributed by atoms with Gasteiger partial charge in [0.2, 0.25) is 0 Å². The number of anilines is 1. The highest BCUT2D eigenvalue weighted by Crippen LogP contribution is 2.34. The van der Waals surface area contributed by atoms with E-state index in [0.717, 1.165) is 23.8 Å². The van der Waals surface area contributed by atoms with Gasteiger partial charge in [0.05, 0.1) is 0 Å². The molecular formula is C15H27N3O. The van der Waals surface area contributed by atoms with Gasteiger partial charge in [0, 0.05) is 25.9 Å². The third kappa shape index (κ3) is 4.46. The summed E-state index contributed by atoms with van der Waals surface area (Å²) >= 11 is 0. The van der Waals surface area contributed by atoms with Crippen molar-refractivity contribution in [1.82, 2.24) is 9.97 Å². The van der Waals surface area contributed by atoms with Crippen LogP contribution in [0.4, 0.5) is 5.82 Å². The molecule has 1 aromatic heterocycles. The molecule has 1 unspecified atom stereocenters. The van der Waals surface area contributed by atoms with Crippen molar-refractivity contribution in [1.29, 1.82) is 0 Å². The molecule has 0 bridgehead atoms. The number of methoxy groups -OCH3 is 1. The molecule has 0 saturated carbocycles. The van der Waals surface area contributed by atoms with Gasteiger partial charge in [-0.05, 0) is 17.8 Å². The summed E-state index contributed by atoms with van der Waals surface area (Å²) in [7, 11) is 3.59. The van der Waals surface area contributed by atoms with Crippen LogP contribution in [-0.4, -0.2) is 24.1 Å². The first-order valence-electron chi connectivity index (χ1n) is 6.86. The lowest BCUT2D eigenvalue weighted by atomic mass is 9.88. The molecule has 0 spiro atoms. The van der Waals surface area contributed by atoms with Gasteiger partial charge in [0.1, 0.15) is 11.9 Å². The molecule has 0 fully saturated rings. The monoisotopic (exact) mass is 265 g/mol. The largest absolute Gasteiger partial charge is 0.373 e. The molecule has 108 valence electrons. The first kappa shape index (κ1) is 15.9. The second-order valence-corrected chi connectivity index (χ2v) is 6.43. The highest BCUT2D eigenvalue weighted by atomic mass is 16.5. The van der Waals surface area contributed by atoms with E-state index in [1.165, 1.54) is 0 Å². The maximum absolute atomic E-state index is 5.61. The Morgan fingerprint density at radius 3 is 2.32 bits per heavy atom. The van der Waals surface area contributed by atoms with E-state index in [2.05, 4.69) is 49.9 Å². The zero-order chi connectivity index (χ0) is 14.6. The molecule has 1 atom stereocenters. The Kier molecular flexibility index (Phi) is 5.29.